The van der Waals surface area contributed by atoms with Crippen LogP contribution in [-0.4, -0.2) is 33.9 Å². The Morgan fingerprint density at radius 2 is 1.96 bits per heavy atom. The van der Waals surface area contributed by atoms with Crippen molar-refractivity contribution in [3.05, 3.63) is 65.2 Å². The zero-order chi connectivity index (χ0) is 20.4. The van der Waals surface area contributed by atoms with E-state index in [0.717, 1.165) is 0 Å². The fraction of sp³-hybridized carbons (Fsp3) is 0.222. The van der Waals surface area contributed by atoms with E-state index >= 15 is 0 Å². The quantitative estimate of drug-likeness (QED) is 0.583. The summed E-state index contributed by atoms with van der Waals surface area (Å²) in [6, 6.07) is 12.7. The number of alkyl halides is 3. The molecular weight excluding hydrogens is 379 g/mol. The maximum absolute atomic E-state index is 12.8. The summed E-state index contributed by atoms with van der Waals surface area (Å²) in [5, 5.41) is 24.6. The number of halogens is 3. The number of para-hydroxylation sites is 1. The second-order valence-electron chi connectivity index (χ2n) is 6.13. The molecule has 3 rings (SSSR count). The Morgan fingerprint density at radius 1 is 1.21 bits per heavy atom. The number of anilines is 1. The van der Waals surface area contributed by atoms with E-state index in [1.165, 1.54) is 18.2 Å². The van der Waals surface area contributed by atoms with Crippen LogP contribution >= 0.6 is 0 Å². The van der Waals surface area contributed by atoms with Crippen molar-refractivity contribution in [3.63, 3.8) is 0 Å². The van der Waals surface area contributed by atoms with Gasteiger partial charge in [-0.3, -0.25) is 15.5 Å². The lowest BCUT2D eigenvalue weighted by Crippen LogP contribution is -2.45. The number of hydrogen-bond acceptors (Lipinski definition) is 6. The van der Waals surface area contributed by atoms with Crippen molar-refractivity contribution in [3.8, 4) is 0 Å². The number of nitrogens with one attached hydrogen (secondary N) is 2. The average Bonchev–Trinajstić information content (AvgIpc) is 3.10. The molecule has 1 atom stereocenters. The van der Waals surface area contributed by atoms with E-state index in [1.807, 2.05) is 5.48 Å². The fourth-order valence-corrected chi connectivity index (χ4v) is 2.65. The minimum absolute atomic E-state index is 0.0529. The van der Waals surface area contributed by atoms with Crippen LogP contribution in [0.5, 0.6) is 0 Å². The van der Waals surface area contributed by atoms with E-state index in [-0.39, 0.29) is 23.5 Å². The van der Waals surface area contributed by atoms with Crippen molar-refractivity contribution in [2.75, 3.05) is 5.48 Å². The van der Waals surface area contributed by atoms with Crippen molar-refractivity contribution in [1.29, 1.82) is 0 Å². The summed E-state index contributed by atoms with van der Waals surface area (Å²) in [6.07, 6.45) is -5.81. The Morgan fingerprint density at radius 3 is 2.64 bits per heavy atom. The molecule has 7 nitrogen and oxygen atoms in total. The van der Waals surface area contributed by atoms with Crippen LogP contribution in [0.25, 0.3) is 0 Å². The topological polar surface area (TPSA) is 103 Å². The number of carbonyl (C=O) groups is 1. The molecule has 10 heteroatoms. The maximum Gasteiger partial charge on any atom is 0.458 e. The van der Waals surface area contributed by atoms with Crippen LogP contribution in [0, 0.1) is 0 Å². The second kappa shape index (κ2) is 7.49. The van der Waals surface area contributed by atoms with Gasteiger partial charge in [0.2, 0.25) is 0 Å². The molecule has 0 spiro atoms. The Balaban J connectivity index is 1.69. The van der Waals surface area contributed by atoms with Crippen molar-refractivity contribution in [2.24, 2.45) is 5.16 Å². The van der Waals surface area contributed by atoms with Crippen LogP contribution in [0.3, 0.4) is 0 Å². The van der Waals surface area contributed by atoms with Crippen LogP contribution in [-0.2, 0) is 11.4 Å². The molecule has 0 saturated carbocycles. The van der Waals surface area contributed by atoms with Gasteiger partial charge in [-0.15, -0.1) is 0 Å². The molecule has 0 radical (unpaired) electrons. The normalized spacial score (nSPS) is 19.0. The summed E-state index contributed by atoms with van der Waals surface area (Å²) in [7, 11) is 0. The molecule has 2 aromatic rings. The van der Waals surface area contributed by atoms with Gasteiger partial charge in [-0.05, 0) is 29.3 Å². The van der Waals surface area contributed by atoms with Gasteiger partial charge in [0, 0.05) is 6.54 Å². The van der Waals surface area contributed by atoms with Crippen LogP contribution < -0.4 is 10.8 Å². The van der Waals surface area contributed by atoms with Crippen molar-refractivity contribution in [2.45, 2.75) is 24.9 Å². The van der Waals surface area contributed by atoms with Gasteiger partial charge >= 0.3 is 12.0 Å². The third-order valence-electron chi connectivity index (χ3n) is 4.16. The van der Waals surface area contributed by atoms with E-state index in [4.69, 9.17) is 5.21 Å². The minimum Gasteiger partial charge on any atom is -0.350 e. The van der Waals surface area contributed by atoms with E-state index in [9.17, 15) is 23.1 Å². The van der Waals surface area contributed by atoms with Crippen molar-refractivity contribution in [1.82, 2.24) is 5.32 Å². The summed E-state index contributed by atoms with van der Waals surface area (Å²) in [5.41, 5.74) is 3.28. The van der Waals surface area contributed by atoms with Gasteiger partial charge < -0.3 is 15.3 Å². The van der Waals surface area contributed by atoms with Crippen molar-refractivity contribution < 1.29 is 33.1 Å². The van der Waals surface area contributed by atoms with E-state index < -0.39 is 24.3 Å². The standard InChI is InChI=1S/C18H16F3N3O4/c19-18(20,21)17(26)9-15(24-28-17)12-5-3-4-11(8-12)10-22-16(25)13-6-1-2-7-14(13)23-27/h1-8,23,26-27H,9-10H2,(H,22,25). The lowest BCUT2D eigenvalue weighted by atomic mass is 10.0. The highest BCUT2D eigenvalue weighted by molar-refractivity contribution is 6.02. The van der Waals surface area contributed by atoms with Crippen molar-refractivity contribution >= 4 is 17.3 Å². The molecule has 28 heavy (non-hydrogen) atoms. The summed E-state index contributed by atoms with van der Waals surface area (Å²) in [6.45, 7) is 0.0874. The summed E-state index contributed by atoms with van der Waals surface area (Å²) < 4.78 is 38.5. The first kappa shape index (κ1) is 19.6. The monoisotopic (exact) mass is 395 g/mol. The first-order valence-electron chi connectivity index (χ1n) is 8.14. The zero-order valence-electron chi connectivity index (χ0n) is 14.3. The molecule has 1 aliphatic rings. The number of oxime groups is 1. The molecule has 1 amide bonds. The highest BCUT2D eigenvalue weighted by Crippen LogP contribution is 2.38. The van der Waals surface area contributed by atoms with E-state index in [0.29, 0.717) is 11.1 Å². The first-order chi connectivity index (χ1) is 13.2. The maximum atomic E-state index is 12.8. The molecule has 0 aliphatic carbocycles. The molecule has 0 fully saturated rings. The predicted octanol–water partition coefficient (Wildman–Crippen LogP) is 2.79. The van der Waals surface area contributed by atoms with Gasteiger partial charge in [-0.2, -0.15) is 13.2 Å². The van der Waals surface area contributed by atoms with Gasteiger partial charge in [0.25, 0.3) is 5.91 Å². The highest BCUT2D eigenvalue weighted by atomic mass is 19.4. The third-order valence-corrected chi connectivity index (χ3v) is 4.16. The SMILES string of the molecule is O=C(NCc1cccc(C2=NOC(O)(C(F)(F)F)C2)c1)c1ccccc1NO. The van der Waals surface area contributed by atoms with Gasteiger partial charge in [-0.1, -0.05) is 35.5 Å². The van der Waals surface area contributed by atoms with Gasteiger partial charge in [0.1, 0.15) is 0 Å². The molecule has 0 saturated heterocycles. The Hall–Kier alpha value is -3.11. The molecule has 1 aliphatic heterocycles. The molecule has 2 aromatic carbocycles. The molecule has 1 unspecified atom stereocenters. The van der Waals surface area contributed by atoms with Gasteiger partial charge in [0.15, 0.2) is 0 Å². The highest BCUT2D eigenvalue weighted by Gasteiger charge is 2.60. The molecule has 4 N–H and O–H groups in total. The minimum atomic E-state index is -4.97. The molecular formula is C18H16F3N3O4. The number of carbonyl (C=O) groups excluding carboxylic acids is 1. The number of hydrogen-bond donors (Lipinski definition) is 4. The molecule has 0 bridgehead atoms. The lowest BCUT2D eigenvalue weighted by Gasteiger charge is -2.22. The lowest BCUT2D eigenvalue weighted by molar-refractivity contribution is -0.355. The van der Waals surface area contributed by atoms with E-state index in [1.54, 1.807) is 30.3 Å². The largest absolute Gasteiger partial charge is 0.458 e. The zero-order valence-corrected chi connectivity index (χ0v) is 14.3. The number of rotatable bonds is 5. The van der Waals surface area contributed by atoms with Crippen LogP contribution in [0.4, 0.5) is 18.9 Å². The van der Waals surface area contributed by atoms with Crippen LogP contribution in [0.15, 0.2) is 53.7 Å². The Labute approximate surface area is 157 Å². The smallest absolute Gasteiger partial charge is 0.350 e. The number of benzene rings is 2. The summed E-state index contributed by atoms with van der Waals surface area (Å²) in [4.78, 5) is 16.5. The fourth-order valence-electron chi connectivity index (χ4n) is 2.65. The predicted molar refractivity (Wildman–Crippen MR) is 92.7 cm³/mol. The third kappa shape index (κ3) is 3.92. The Bertz CT molecular complexity index is 917. The van der Waals surface area contributed by atoms with E-state index in [2.05, 4.69) is 15.3 Å². The van der Waals surface area contributed by atoms with Gasteiger partial charge in [0.05, 0.1) is 23.4 Å². The number of amides is 1. The number of nitrogens with zero attached hydrogens (tertiary/aromatic N) is 1. The van der Waals surface area contributed by atoms with Crippen LogP contribution in [0.1, 0.15) is 27.9 Å². The van der Waals surface area contributed by atoms with Gasteiger partial charge in [-0.25, -0.2) is 0 Å². The molecule has 0 aromatic heterocycles. The number of aliphatic hydroxyl groups is 1. The first-order valence-corrected chi connectivity index (χ1v) is 8.14. The Kier molecular flexibility index (Phi) is 5.25. The summed E-state index contributed by atoms with van der Waals surface area (Å²) >= 11 is 0. The van der Waals surface area contributed by atoms with Crippen LogP contribution in [0.2, 0.25) is 0 Å². The molecule has 148 valence electrons. The molecule has 1 heterocycles. The second-order valence-corrected chi connectivity index (χ2v) is 6.13. The summed E-state index contributed by atoms with van der Waals surface area (Å²) in [5.74, 6) is -3.79. The average molecular weight is 395 g/mol.